The summed E-state index contributed by atoms with van der Waals surface area (Å²) in [6, 6.07) is -3.46. The lowest BCUT2D eigenvalue weighted by atomic mass is 9.83. The average Bonchev–Trinajstić information content (AvgIpc) is 2.98. The second kappa shape index (κ2) is 16.6. The molecule has 0 bridgehead atoms. The first-order valence-electron chi connectivity index (χ1n) is 15.0. The number of hydrogen-bond donors (Lipinski definition) is 13. The van der Waals surface area contributed by atoms with Crippen LogP contribution in [0.5, 0.6) is 0 Å². The molecule has 0 aromatic rings. The van der Waals surface area contributed by atoms with Crippen molar-refractivity contribution in [3.05, 3.63) is 0 Å². The Hall–Kier alpha value is -1.17. The van der Waals surface area contributed by atoms with Gasteiger partial charge >= 0.3 is 0 Å². The number of amides is 1. The molecule has 0 aromatic heterocycles. The van der Waals surface area contributed by atoms with Gasteiger partial charge in [-0.15, -0.1) is 0 Å². The molecular weight excluding hydrogens is 588 g/mol. The minimum Gasteiger partial charge on any atom is -0.395 e. The molecule has 0 radical (unpaired) electrons. The van der Waals surface area contributed by atoms with E-state index in [0.717, 1.165) is 0 Å². The van der Waals surface area contributed by atoms with Gasteiger partial charge in [0, 0.05) is 25.7 Å². The third-order valence-corrected chi connectivity index (χ3v) is 8.46. The van der Waals surface area contributed by atoms with Crippen LogP contribution in [0.4, 0.5) is 0 Å². The molecule has 0 spiro atoms. The van der Waals surface area contributed by atoms with Gasteiger partial charge in [-0.2, -0.15) is 0 Å². The summed E-state index contributed by atoms with van der Waals surface area (Å²) in [6.45, 7) is 1.60. The van der Waals surface area contributed by atoms with Crippen molar-refractivity contribution in [1.82, 2.24) is 16.0 Å². The van der Waals surface area contributed by atoms with Gasteiger partial charge in [-0.25, -0.2) is 0 Å². The van der Waals surface area contributed by atoms with Crippen LogP contribution in [0.25, 0.3) is 0 Å². The summed E-state index contributed by atoms with van der Waals surface area (Å²) in [5.74, 6) is -1.10. The molecule has 3 fully saturated rings. The molecule has 16 N–H and O–H groups in total. The average molecular weight is 641 g/mol. The van der Waals surface area contributed by atoms with Crippen LogP contribution < -0.4 is 33.2 Å². The monoisotopic (exact) mass is 640 g/mol. The Morgan fingerprint density at radius 2 is 1.75 bits per heavy atom. The summed E-state index contributed by atoms with van der Waals surface area (Å²) in [7, 11) is 1.54. The van der Waals surface area contributed by atoms with E-state index in [1.54, 1.807) is 0 Å². The van der Waals surface area contributed by atoms with Crippen LogP contribution in [0.1, 0.15) is 26.2 Å². The number of aliphatic hydroxyl groups is 7. The molecule has 0 aromatic carbocycles. The first kappa shape index (κ1) is 37.3. The molecule has 1 amide bonds. The number of aliphatic hydroxyl groups excluding tert-OH is 6. The van der Waals surface area contributed by atoms with Crippen molar-refractivity contribution in [3.8, 4) is 0 Å². The van der Waals surface area contributed by atoms with E-state index in [2.05, 4.69) is 16.0 Å². The molecule has 258 valence electrons. The molecule has 1 aliphatic carbocycles. The number of nitrogens with one attached hydrogen (secondary N) is 3. The molecule has 44 heavy (non-hydrogen) atoms. The number of likely N-dealkylation sites (N-methyl/N-ethyl adjacent to an activating group) is 1. The normalized spacial score (nSPS) is 42.0. The number of nitrogens with two attached hydrogens (primary N) is 3. The van der Waals surface area contributed by atoms with Gasteiger partial charge in [0.2, 0.25) is 0 Å². The predicted octanol–water partition coefficient (Wildman–Crippen LogP) is -7.15. The fourth-order valence-electron chi connectivity index (χ4n) is 5.88. The van der Waals surface area contributed by atoms with E-state index in [4.69, 9.17) is 41.3 Å². The van der Waals surface area contributed by atoms with Crippen molar-refractivity contribution < 1.29 is 59.5 Å². The van der Waals surface area contributed by atoms with E-state index in [1.165, 1.54) is 14.0 Å². The van der Waals surface area contributed by atoms with Gasteiger partial charge in [0.05, 0.1) is 43.5 Å². The minimum absolute atomic E-state index is 0.0377. The zero-order chi connectivity index (χ0) is 32.8. The summed E-state index contributed by atoms with van der Waals surface area (Å²) in [6.07, 6.45) is -12.5. The second-order valence-corrected chi connectivity index (χ2v) is 12.0. The Balaban J connectivity index is 1.81. The standard InChI is InChI=1S/C26H52N6O12/c1-26(40)10-41-25(19(38)22(26)30-2)44-21-14(32-23(39)17(36)16(35)15(34)8-27)7-13(29)20(18(21)37)43-24-12(28)4-3-11(42-24)9-31-5-6-33/h11-22,24-25,30-31,33-38,40H,3-10,27-29H2,1-2H3,(H,32,39)/t11-,12?,13-,14+,15-,16-,17-,18?,19?,20?,21?,22+,24+,25+,26?/m0/s1. The van der Waals surface area contributed by atoms with Crippen LogP contribution in [0.2, 0.25) is 0 Å². The molecule has 6 unspecified atom stereocenters. The van der Waals surface area contributed by atoms with E-state index in [9.17, 15) is 35.4 Å². The van der Waals surface area contributed by atoms with Gasteiger partial charge in [-0.05, 0) is 33.2 Å². The molecule has 2 aliphatic heterocycles. The van der Waals surface area contributed by atoms with Crippen molar-refractivity contribution in [1.29, 1.82) is 0 Å². The molecule has 3 aliphatic rings. The van der Waals surface area contributed by atoms with Gasteiger partial charge < -0.3 is 87.8 Å². The molecule has 1 saturated carbocycles. The zero-order valence-electron chi connectivity index (χ0n) is 25.1. The lowest BCUT2D eigenvalue weighted by molar-refractivity contribution is -0.307. The maximum Gasteiger partial charge on any atom is 0.251 e. The van der Waals surface area contributed by atoms with Gasteiger partial charge in [-0.1, -0.05) is 0 Å². The summed E-state index contributed by atoms with van der Waals surface area (Å²) in [5, 5.41) is 80.8. The molecule has 2 saturated heterocycles. The molecule has 18 nitrogen and oxygen atoms in total. The highest BCUT2D eigenvalue weighted by molar-refractivity contribution is 5.81. The summed E-state index contributed by atoms with van der Waals surface area (Å²) < 4.78 is 23.8. The van der Waals surface area contributed by atoms with Crippen molar-refractivity contribution in [2.24, 2.45) is 17.2 Å². The van der Waals surface area contributed by atoms with Crippen LogP contribution in [0.15, 0.2) is 0 Å². The number of carbonyl (C=O) groups is 1. The quantitative estimate of drug-likeness (QED) is 0.0784. The Morgan fingerprint density at radius 3 is 2.39 bits per heavy atom. The predicted molar refractivity (Wildman–Crippen MR) is 152 cm³/mol. The van der Waals surface area contributed by atoms with Crippen LogP contribution in [-0.4, -0.2) is 173 Å². The van der Waals surface area contributed by atoms with Crippen molar-refractivity contribution in [2.45, 2.75) is 117 Å². The summed E-state index contributed by atoms with van der Waals surface area (Å²) in [4.78, 5) is 12.9. The van der Waals surface area contributed by atoms with Gasteiger partial charge in [-0.3, -0.25) is 4.79 Å². The largest absolute Gasteiger partial charge is 0.395 e. The van der Waals surface area contributed by atoms with Gasteiger partial charge in [0.15, 0.2) is 18.7 Å². The van der Waals surface area contributed by atoms with E-state index >= 15 is 0 Å². The highest BCUT2D eigenvalue weighted by Crippen LogP contribution is 2.32. The van der Waals surface area contributed by atoms with Gasteiger partial charge in [0.1, 0.15) is 36.1 Å². The molecule has 2 heterocycles. The van der Waals surface area contributed by atoms with Crippen LogP contribution in [0.3, 0.4) is 0 Å². The molecule has 18 heteroatoms. The maximum atomic E-state index is 12.9. The topological polar surface area (TPSA) is 310 Å². The van der Waals surface area contributed by atoms with E-state index in [1.807, 2.05) is 0 Å². The fourth-order valence-corrected chi connectivity index (χ4v) is 5.88. The molecule has 3 rings (SSSR count). The van der Waals surface area contributed by atoms with Crippen molar-refractivity contribution in [3.63, 3.8) is 0 Å². The highest BCUT2D eigenvalue weighted by Gasteiger charge is 2.52. The SMILES string of the molecule is CN[C@@H]1C(O)[C@@H](OC2C(O)C(O[C@H]3O[C@H](CNCCO)CCC3N)[C@@H](N)C[C@H]2NC(=O)[C@@H](O)[C@@H](O)[C@@H](O)CN)OCC1(C)O. The number of rotatable bonds is 14. The molecule has 15 atom stereocenters. The molecular formula is C26H52N6O12. The van der Waals surface area contributed by atoms with Crippen LogP contribution >= 0.6 is 0 Å². The van der Waals surface area contributed by atoms with Crippen molar-refractivity contribution >= 4 is 5.91 Å². The van der Waals surface area contributed by atoms with E-state index < -0.39 is 97.5 Å². The zero-order valence-corrected chi connectivity index (χ0v) is 25.1. The van der Waals surface area contributed by atoms with E-state index in [0.29, 0.717) is 25.9 Å². The Kier molecular flexibility index (Phi) is 14.1. The summed E-state index contributed by atoms with van der Waals surface area (Å²) in [5.41, 5.74) is 16.6. The van der Waals surface area contributed by atoms with E-state index in [-0.39, 0.29) is 25.7 Å². The maximum absolute atomic E-state index is 12.9. The number of carbonyl (C=O) groups excluding carboxylic acids is 1. The van der Waals surface area contributed by atoms with Crippen molar-refractivity contribution in [2.75, 3.05) is 39.9 Å². The fraction of sp³-hybridized carbons (Fsp3) is 0.962. The third-order valence-electron chi connectivity index (χ3n) is 8.46. The second-order valence-electron chi connectivity index (χ2n) is 12.0. The van der Waals surface area contributed by atoms with Crippen LogP contribution in [-0.2, 0) is 23.7 Å². The Labute approximate surface area is 256 Å². The van der Waals surface area contributed by atoms with Gasteiger partial charge in [0.25, 0.3) is 5.91 Å². The number of ether oxygens (including phenoxy) is 4. The Morgan fingerprint density at radius 1 is 1.07 bits per heavy atom. The number of hydrogen-bond acceptors (Lipinski definition) is 17. The smallest absolute Gasteiger partial charge is 0.251 e. The minimum atomic E-state index is -2.08. The first-order chi connectivity index (χ1) is 20.7. The van der Waals surface area contributed by atoms with Crippen LogP contribution in [0, 0.1) is 0 Å². The lowest BCUT2D eigenvalue weighted by Crippen LogP contribution is -2.70. The third kappa shape index (κ3) is 9.00. The first-order valence-corrected chi connectivity index (χ1v) is 15.0. The Bertz CT molecular complexity index is 894. The lowest BCUT2D eigenvalue weighted by Gasteiger charge is -2.49. The highest BCUT2D eigenvalue weighted by atomic mass is 16.7. The summed E-state index contributed by atoms with van der Waals surface area (Å²) >= 11 is 0.